The molecule has 28 heavy (non-hydrogen) atoms. The molecule has 1 aromatic carbocycles. The third kappa shape index (κ3) is 3.20. The van der Waals surface area contributed by atoms with Crippen LogP contribution in [0.3, 0.4) is 0 Å². The van der Waals surface area contributed by atoms with Crippen LogP contribution in [0.2, 0.25) is 0 Å². The Kier molecular flexibility index (Phi) is 4.51. The van der Waals surface area contributed by atoms with Crippen LogP contribution in [0.1, 0.15) is 65.1 Å². The van der Waals surface area contributed by atoms with Gasteiger partial charge in [0.15, 0.2) is 5.82 Å². The van der Waals surface area contributed by atoms with Gasteiger partial charge in [0.05, 0.1) is 11.3 Å². The molecule has 0 saturated heterocycles. The van der Waals surface area contributed by atoms with E-state index in [1.54, 1.807) is 11.3 Å². The first-order valence-electron chi connectivity index (χ1n) is 9.55. The summed E-state index contributed by atoms with van der Waals surface area (Å²) < 4.78 is 2.13. The van der Waals surface area contributed by atoms with Crippen LogP contribution >= 0.6 is 11.3 Å². The molecule has 6 heteroatoms. The molecule has 0 amide bonds. The van der Waals surface area contributed by atoms with E-state index in [4.69, 9.17) is 4.99 Å². The number of hydrogen-bond donors (Lipinski definition) is 1. The second-order valence-electron chi connectivity index (χ2n) is 8.28. The molecule has 0 unspecified atom stereocenters. The van der Waals surface area contributed by atoms with Crippen LogP contribution in [0.4, 0.5) is 0 Å². The SMILES string of the molecule is Cc1ccc(C2=N[C@@H](CC(C)(C)O)c3nnc(C)n3-c3sc(C)c(C)c32)cc1. The summed E-state index contributed by atoms with van der Waals surface area (Å²) in [5, 5.41) is 20.4. The molecule has 3 heterocycles. The van der Waals surface area contributed by atoms with E-state index in [1.807, 2.05) is 20.8 Å². The lowest BCUT2D eigenvalue weighted by Gasteiger charge is -2.22. The topological polar surface area (TPSA) is 63.3 Å². The van der Waals surface area contributed by atoms with E-state index in [1.165, 1.54) is 16.0 Å². The number of aromatic nitrogens is 3. The van der Waals surface area contributed by atoms with E-state index in [0.29, 0.717) is 6.42 Å². The fourth-order valence-electron chi connectivity index (χ4n) is 3.71. The Morgan fingerprint density at radius 2 is 1.75 bits per heavy atom. The molecule has 4 rings (SSSR count). The summed E-state index contributed by atoms with van der Waals surface area (Å²) in [5.41, 5.74) is 4.80. The van der Waals surface area contributed by atoms with Gasteiger partial charge in [-0.05, 0) is 47.1 Å². The Labute approximate surface area is 169 Å². The second-order valence-corrected chi connectivity index (χ2v) is 9.48. The zero-order chi connectivity index (χ0) is 20.2. The Balaban J connectivity index is 2.02. The van der Waals surface area contributed by atoms with Crippen molar-refractivity contribution in [3.8, 4) is 5.00 Å². The quantitative estimate of drug-likeness (QED) is 0.705. The number of nitrogens with zero attached hydrogens (tertiary/aromatic N) is 4. The highest BCUT2D eigenvalue weighted by atomic mass is 32.1. The summed E-state index contributed by atoms with van der Waals surface area (Å²) in [7, 11) is 0. The van der Waals surface area contributed by atoms with Crippen LogP contribution in [0, 0.1) is 27.7 Å². The third-order valence-corrected chi connectivity index (χ3v) is 6.45. The van der Waals surface area contributed by atoms with Gasteiger partial charge in [-0.2, -0.15) is 0 Å². The summed E-state index contributed by atoms with van der Waals surface area (Å²) in [5.74, 6) is 1.64. The average Bonchev–Trinajstić information content (AvgIpc) is 3.08. The number of benzene rings is 1. The van der Waals surface area contributed by atoms with Crippen molar-refractivity contribution in [1.82, 2.24) is 14.8 Å². The lowest BCUT2D eigenvalue weighted by molar-refractivity contribution is 0.0628. The normalized spacial score (nSPS) is 16.4. The Hall–Kier alpha value is -2.31. The number of rotatable bonds is 3. The van der Waals surface area contributed by atoms with Crippen LogP contribution in [0.25, 0.3) is 5.00 Å². The lowest BCUT2D eigenvalue weighted by Crippen LogP contribution is -2.23. The Morgan fingerprint density at radius 3 is 2.39 bits per heavy atom. The fourth-order valence-corrected chi connectivity index (χ4v) is 4.92. The van der Waals surface area contributed by atoms with Crippen LogP contribution < -0.4 is 0 Å². The molecule has 0 aliphatic carbocycles. The van der Waals surface area contributed by atoms with Crippen molar-refractivity contribution in [2.24, 2.45) is 4.99 Å². The molecule has 1 N–H and O–H groups in total. The molecule has 0 bridgehead atoms. The van der Waals surface area contributed by atoms with Crippen molar-refractivity contribution < 1.29 is 5.11 Å². The molecular formula is C22H26N4OS. The summed E-state index contributed by atoms with van der Waals surface area (Å²) >= 11 is 1.75. The first-order valence-corrected chi connectivity index (χ1v) is 10.4. The number of aryl methyl sites for hydroxylation is 3. The maximum absolute atomic E-state index is 10.5. The maximum atomic E-state index is 10.5. The van der Waals surface area contributed by atoms with Gasteiger partial charge in [-0.15, -0.1) is 21.5 Å². The summed E-state index contributed by atoms with van der Waals surface area (Å²) in [6, 6.07) is 8.23. The number of hydrogen-bond acceptors (Lipinski definition) is 5. The molecule has 0 spiro atoms. The molecule has 0 radical (unpaired) electrons. The molecule has 3 aromatic rings. The van der Waals surface area contributed by atoms with E-state index < -0.39 is 5.60 Å². The van der Waals surface area contributed by atoms with Gasteiger partial charge in [0, 0.05) is 22.4 Å². The average molecular weight is 395 g/mol. The van der Waals surface area contributed by atoms with E-state index in [-0.39, 0.29) is 6.04 Å². The minimum absolute atomic E-state index is 0.267. The molecule has 1 aliphatic heterocycles. The predicted molar refractivity (Wildman–Crippen MR) is 114 cm³/mol. The standard InChI is InChI=1S/C22H26N4OS/c1-12-7-9-16(10-8-12)19-18-13(2)14(3)28-21(18)26-15(4)24-25-20(26)17(23-19)11-22(5,6)27/h7-10,17,27H,11H2,1-6H3/t17-/m0/s1. The highest BCUT2D eigenvalue weighted by Crippen LogP contribution is 2.40. The van der Waals surface area contributed by atoms with E-state index in [2.05, 4.69) is 59.8 Å². The van der Waals surface area contributed by atoms with Gasteiger partial charge in [0.2, 0.25) is 0 Å². The molecular weight excluding hydrogens is 368 g/mol. The maximum Gasteiger partial charge on any atom is 0.163 e. The van der Waals surface area contributed by atoms with Gasteiger partial charge in [0.25, 0.3) is 0 Å². The second kappa shape index (κ2) is 6.64. The van der Waals surface area contributed by atoms with Crippen LogP contribution in [-0.4, -0.2) is 31.2 Å². The number of aliphatic imine (C=N–C) groups is 1. The lowest BCUT2D eigenvalue weighted by atomic mass is 9.97. The molecule has 1 atom stereocenters. The molecule has 5 nitrogen and oxygen atoms in total. The predicted octanol–water partition coefficient (Wildman–Crippen LogP) is 4.62. The van der Waals surface area contributed by atoms with Crippen LogP contribution in [-0.2, 0) is 0 Å². The molecule has 0 saturated carbocycles. The highest BCUT2D eigenvalue weighted by molar-refractivity contribution is 7.15. The highest BCUT2D eigenvalue weighted by Gasteiger charge is 2.33. The first-order chi connectivity index (χ1) is 13.2. The third-order valence-electron chi connectivity index (χ3n) is 5.26. The number of fused-ring (bicyclic) bond motifs is 3. The summed E-state index contributed by atoms with van der Waals surface area (Å²) in [6.07, 6.45) is 0.480. The van der Waals surface area contributed by atoms with Crippen LogP contribution in [0.15, 0.2) is 29.3 Å². The Morgan fingerprint density at radius 1 is 1.07 bits per heavy atom. The number of thiophene rings is 1. The largest absolute Gasteiger partial charge is 0.390 e. The van der Waals surface area contributed by atoms with Gasteiger partial charge in [-0.1, -0.05) is 29.8 Å². The molecule has 2 aromatic heterocycles. The summed E-state index contributed by atoms with van der Waals surface area (Å²) in [6.45, 7) is 12.0. The molecule has 0 fully saturated rings. The van der Waals surface area contributed by atoms with E-state index in [9.17, 15) is 5.11 Å². The minimum Gasteiger partial charge on any atom is -0.390 e. The van der Waals surface area contributed by atoms with Crippen molar-refractivity contribution in [2.45, 2.75) is 59.6 Å². The minimum atomic E-state index is -0.861. The zero-order valence-corrected chi connectivity index (χ0v) is 18.1. The molecule has 146 valence electrons. The van der Waals surface area contributed by atoms with Crippen molar-refractivity contribution in [3.05, 3.63) is 63.0 Å². The van der Waals surface area contributed by atoms with Crippen molar-refractivity contribution in [2.75, 3.05) is 0 Å². The van der Waals surface area contributed by atoms with E-state index in [0.717, 1.165) is 33.5 Å². The fraction of sp³-hybridized carbons (Fsp3) is 0.409. The molecule has 1 aliphatic rings. The van der Waals surface area contributed by atoms with E-state index >= 15 is 0 Å². The van der Waals surface area contributed by atoms with Gasteiger partial charge in [-0.25, -0.2) is 0 Å². The van der Waals surface area contributed by atoms with Crippen LogP contribution in [0.5, 0.6) is 0 Å². The monoisotopic (exact) mass is 394 g/mol. The van der Waals surface area contributed by atoms with Gasteiger partial charge >= 0.3 is 0 Å². The van der Waals surface area contributed by atoms with Crippen molar-refractivity contribution >= 4 is 17.0 Å². The van der Waals surface area contributed by atoms with Gasteiger partial charge in [0.1, 0.15) is 16.9 Å². The van der Waals surface area contributed by atoms with Gasteiger partial charge in [-0.3, -0.25) is 9.56 Å². The van der Waals surface area contributed by atoms with Crippen molar-refractivity contribution in [3.63, 3.8) is 0 Å². The Bertz CT molecular complexity index is 1070. The summed E-state index contributed by atoms with van der Waals surface area (Å²) in [4.78, 5) is 6.44. The smallest absolute Gasteiger partial charge is 0.163 e. The van der Waals surface area contributed by atoms with Crippen molar-refractivity contribution in [1.29, 1.82) is 0 Å². The number of aliphatic hydroxyl groups is 1. The zero-order valence-electron chi connectivity index (χ0n) is 17.2. The first kappa shape index (κ1) is 19.0. The van der Waals surface area contributed by atoms with Gasteiger partial charge < -0.3 is 5.11 Å².